The number of carbonyl (C=O) groups is 1. The molecule has 1 aliphatic rings. The predicted molar refractivity (Wildman–Crippen MR) is 80.9 cm³/mol. The van der Waals surface area contributed by atoms with Crippen LogP contribution in [-0.2, 0) is 21.2 Å². The summed E-state index contributed by atoms with van der Waals surface area (Å²) in [7, 11) is -3.04. The summed E-state index contributed by atoms with van der Waals surface area (Å²) < 4.78 is 22.7. The second-order valence-electron chi connectivity index (χ2n) is 4.88. The lowest BCUT2D eigenvalue weighted by Crippen LogP contribution is -2.31. The van der Waals surface area contributed by atoms with Crippen molar-refractivity contribution < 1.29 is 13.2 Å². The average molecular weight is 312 g/mol. The Morgan fingerprint density at radius 2 is 2.20 bits per heavy atom. The topological polar surface area (TPSA) is 89.3 Å². The minimum absolute atomic E-state index is 0.0498. The van der Waals surface area contributed by atoms with Crippen LogP contribution in [0.5, 0.6) is 0 Å². The molecular weight excluding hydrogens is 296 g/mol. The summed E-state index contributed by atoms with van der Waals surface area (Å²) in [6.45, 7) is 0.339. The molecule has 1 unspecified atom stereocenters. The second-order valence-corrected chi connectivity index (χ2v) is 7.55. The number of hydrogen-bond donors (Lipinski definition) is 2. The van der Waals surface area contributed by atoms with Gasteiger partial charge in [-0.25, -0.2) is 8.42 Å². The van der Waals surface area contributed by atoms with Crippen LogP contribution in [0.2, 0.25) is 0 Å². The van der Waals surface area contributed by atoms with E-state index < -0.39 is 15.8 Å². The van der Waals surface area contributed by atoms with Crippen molar-refractivity contribution in [3.63, 3.8) is 0 Å². The molecule has 0 radical (unpaired) electrons. The van der Waals surface area contributed by atoms with Gasteiger partial charge in [0.2, 0.25) is 5.91 Å². The Hall–Kier alpha value is -1.47. The fraction of sp³-hybridized carbons (Fsp3) is 0.385. The molecule has 0 bridgehead atoms. The Balaban J connectivity index is 1.94. The molecule has 20 heavy (non-hydrogen) atoms. The van der Waals surface area contributed by atoms with Crippen LogP contribution in [0.1, 0.15) is 17.5 Å². The minimum Gasteiger partial charge on any atom is -0.389 e. The molecule has 1 aliphatic heterocycles. The van der Waals surface area contributed by atoms with E-state index in [0.717, 1.165) is 11.1 Å². The summed E-state index contributed by atoms with van der Waals surface area (Å²) in [5, 5.41) is 2.76. The van der Waals surface area contributed by atoms with Crippen molar-refractivity contribution in [1.29, 1.82) is 0 Å². The van der Waals surface area contributed by atoms with Gasteiger partial charge in [0.05, 0.1) is 17.4 Å². The average Bonchev–Trinajstić information content (AvgIpc) is 2.77. The van der Waals surface area contributed by atoms with Gasteiger partial charge in [0.1, 0.15) is 4.99 Å². The Bertz CT molecular complexity index is 641. The van der Waals surface area contributed by atoms with Crippen LogP contribution < -0.4 is 11.1 Å². The van der Waals surface area contributed by atoms with E-state index in [0.29, 0.717) is 18.0 Å². The molecule has 1 heterocycles. The molecule has 1 saturated heterocycles. The van der Waals surface area contributed by atoms with Crippen LogP contribution >= 0.6 is 12.2 Å². The first kappa shape index (κ1) is 14.9. The number of carbonyl (C=O) groups excluding carboxylic acids is 1. The van der Waals surface area contributed by atoms with Gasteiger partial charge in [-0.1, -0.05) is 30.4 Å². The number of hydrogen-bond acceptors (Lipinski definition) is 4. The monoisotopic (exact) mass is 312 g/mol. The van der Waals surface area contributed by atoms with Crippen LogP contribution in [-0.4, -0.2) is 30.8 Å². The van der Waals surface area contributed by atoms with E-state index in [9.17, 15) is 13.2 Å². The standard InChI is InChI=1S/C13H16N2O3S2/c14-12(19)10-3-1-2-9(6-10)7-15-13(16)11-4-5-20(17,18)8-11/h1-3,6,11H,4-5,7-8H2,(H2,14,19)(H,15,16). The molecule has 0 aliphatic carbocycles. The molecule has 0 aromatic heterocycles. The number of amides is 1. The Labute approximate surface area is 123 Å². The van der Waals surface area contributed by atoms with Crippen molar-refractivity contribution in [2.24, 2.45) is 11.7 Å². The Morgan fingerprint density at radius 1 is 1.45 bits per heavy atom. The molecule has 5 nitrogen and oxygen atoms in total. The maximum absolute atomic E-state index is 11.9. The SMILES string of the molecule is NC(=S)c1cccc(CNC(=O)C2CCS(=O)(=O)C2)c1. The van der Waals surface area contributed by atoms with Crippen molar-refractivity contribution in [1.82, 2.24) is 5.32 Å². The number of thiocarbonyl (C=S) groups is 1. The highest BCUT2D eigenvalue weighted by Crippen LogP contribution is 2.18. The van der Waals surface area contributed by atoms with Gasteiger partial charge in [-0.3, -0.25) is 4.79 Å². The lowest BCUT2D eigenvalue weighted by atomic mass is 10.1. The molecule has 0 spiro atoms. The summed E-state index contributed by atoms with van der Waals surface area (Å²) >= 11 is 4.89. The summed E-state index contributed by atoms with van der Waals surface area (Å²) in [4.78, 5) is 12.2. The second kappa shape index (κ2) is 5.88. The van der Waals surface area contributed by atoms with Gasteiger partial charge < -0.3 is 11.1 Å². The van der Waals surface area contributed by atoms with Crippen molar-refractivity contribution >= 4 is 33.0 Å². The van der Waals surface area contributed by atoms with Gasteiger partial charge in [0, 0.05) is 12.1 Å². The molecule has 108 valence electrons. The van der Waals surface area contributed by atoms with E-state index in [-0.39, 0.29) is 17.4 Å². The van der Waals surface area contributed by atoms with Crippen molar-refractivity contribution in [3.05, 3.63) is 35.4 Å². The number of nitrogens with two attached hydrogens (primary N) is 1. The number of benzene rings is 1. The van der Waals surface area contributed by atoms with Gasteiger partial charge in [-0.15, -0.1) is 0 Å². The zero-order chi connectivity index (χ0) is 14.8. The summed E-state index contributed by atoms with van der Waals surface area (Å²) in [5.74, 6) is -0.598. The fourth-order valence-electron chi connectivity index (χ4n) is 2.17. The molecular formula is C13H16N2O3S2. The van der Waals surface area contributed by atoms with Gasteiger partial charge in [-0.05, 0) is 18.1 Å². The predicted octanol–water partition coefficient (Wildman–Crippen LogP) is 0.372. The lowest BCUT2D eigenvalue weighted by Gasteiger charge is -2.10. The van der Waals surface area contributed by atoms with Crippen molar-refractivity contribution in [3.8, 4) is 0 Å². The normalized spacial score (nSPS) is 20.5. The fourth-order valence-corrected chi connectivity index (χ4v) is 4.04. The number of sulfone groups is 1. The molecule has 1 fully saturated rings. The van der Waals surface area contributed by atoms with Crippen LogP contribution in [0.3, 0.4) is 0 Å². The summed E-state index contributed by atoms with van der Waals surface area (Å²) in [6, 6.07) is 7.29. The maximum Gasteiger partial charge on any atom is 0.224 e. The highest BCUT2D eigenvalue weighted by molar-refractivity contribution is 7.91. The molecule has 3 N–H and O–H groups in total. The van der Waals surface area contributed by atoms with Crippen LogP contribution in [0.25, 0.3) is 0 Å². The quantitative estimate of drug-likeness (QED) is 0.784. The molecule has 1 aromatic carbocycles. The third-order valence-electron chi connectivity index (χ3n) is 3.28. The largest absolute Gasteiger partial charge is 0.389 e. The van der Waals surface area contributed by atoms with E-state index >= 15 is 0 Å². The van der Waals surface area contributed by atoms with Crippen LogP contribution in [0, 0.1) is 5.92 Å². The van der Waals surface area contributed by atoms with Gasteiger partial charge in [0.15, 0.2) is 9.84 Å². The third-order valence-corrected chi connectivity index (χ3v) is 5.29. The Kier molecular flexibility index (Phi) is 4.39. The zero-order valence-corrected chi connectivity index (χ0v) is 12.5. The van der Waals surface area contributed by atoms with Crippen LogP contribution in [0.15, 0.2) is 24.3 Å². The molecule has 1 aromatic rings. The van der Waals surface area contributed by atoms with E-state index in [2.05, 4.69) is 5.32 Å². The van der Waals surface area contributed by atoms with Crippen molar-refractivity contribution in [2.45, 2.75) is 13.0 Å². The summed E-state index contributed by atoms with van der Waals surface area (Å²) in [5.41, 5.74) is 7.17. The van der Waals surface area contributed by atoms with Gasteiger partial charge >= 0.3 is 0 Å². The van der Waals surface area contributed by atoms with E-state index in [1.165, 1.54) is 0 Å². The first-order valence-corrected chi connectivity index (χ1v) is 8.47. The summed E-state index contributed by atoms with van der Waals surface area (Å²) in [6.07, 6.45) is 0.404. The van der Waals surface area contributed by atoms with Crippen molar-refractivity contribution in [2.75, 3.05) is 11.5 Å². The van der Waals surface area contributed by atoms with E-state index in [1.807, 2.05) is 18.2 Å². The Morgan fingerprint density at radius 3 is 2.80 bits per heavy atom. The highest BCUT2D eigenvalue weighted by atomic mass is 32.2. The highest BCUT2D eigenvalue weighted by Gasteiger charge is 2.32. The van der Waals surface area contributed by atoms with Gasteiger partial charge in [0.25, 0.3) is 0 Å². The zero-order valence-electron chi connectivity index (χ0n) is 10.8. The van der Waals surface area contributed by atoms with E-state index in [4.69, 9.17) is 18.0 Å². The number of nitrogens with one attached hydrogen (secondary N) is 1. The first-order valence-electron chi connectivity index (χ1n) is 6.24. The molecule has 0 saturated carbocycles. The molecule has 1 amide bonds. The maximum atomic E-state index is 11.9. The third kappa shape index (κ3) is 3.77. The lowest BCUT2D eigenvalue weighted by molar-refractivity contribution is -0.124. The first-order chi connectivity index (χ1) is 9.37. The van der Waals surface area contributed by atoms with Crippen LogP contribution in [0.4, 0.5) is 0 Å². The van der Waals surface area contributed by atoms with E-state index in [1.54, 1.807) is 6.07 Å². The molecule has 7 heteroatoms. The number of rotatable bonds is 4. The molecule has 2 rings (SSSR count). The minimum atomic E-state index is -3.04. The molecule has 1 atom stereocenters. The smallest absolute Gasteiger partial charge is 0.224 e. The van der Waals surface area contributed by atoms with Gasteiger partial charge in [-0.2, -0.15) is 0 Å².